The van der Waals surface area contributed by atoms with Crippen molar-refractivity contribution < 1.29 is 9.53 Å². The van der Waals surface area contributed by atoms with Gasteiger partial charge in [-0.25, -0.2) is 0 Å². The van der Waals surface area contributed by atoms with E-state index in [1.54, 1.807) is 7.11 Å². The highest BCUT2D eigenvalue weighted by Gasteiger charge is 2.45. The van der Waals surface area contributed by atoms with Crippen LogP contribution in [0.1, 0.15) is 24.3 Å². The average molecular weight is 306 g/mol. The van der Waals surface area contributed by atoms with Gasteiger partial charge in [0.1, 0.15) is 0 Å². The third kappa shape index (κ3) is 4.51. The molecule has 5 heteroatoms. The molecule has 2 N–H and O–H groups in total. The Hall–Kier alpha value is -1.46. The van der Waals surface area contributed by atoms with Crippen molar-refractivity contribution in [3.05, 3.63) is 35.9 Å². The van der Waals surface area contributed by atoms with Gasteiger partial charge < -0.3 is 15.4 Å². The zero-order chi connectivity index (χ0) is 15.2. The molecule has 1 aliphatic carbocycles. The molecule has 0 heterocycles. The van der Waals surface area contributed by atoms with Crippen LogP contribution in [-0.4, -0.2) is 42.6 Å². The second-order valence-corrected chi connectivity index (χ2v) is 5.92. The number of nitrogens with zero attached hydrogens (tertiary/aromatic N) is 1. The van der Waals surface area contributed by atoms with Crippen molar-refractivity contribution in [1.29, 1.82) is 0 Å². The van der Waals surface area contributed by atoms with Crippen molar-refractivity contribution in [2.24, 2.45) is 11.7 Å². The lowest BCUT2D eigenvalue weighted by Gasteiger charge is -2.22. The Morgan fingerprint density at radius 3 is 2.71 bits per heavy atom. The Balaban J connectivity index is 1.94. The SMILES string of the molecule is COCCN(CCC(N)=S)C(=O)C1CC1c1ccccc1. The predicted molar refractivity (Wildman–Crippen MR) is 87.1 cm³/mol. The molecule has 0 aliphatic heterocycles. The molecule has 2 rings (SSSR count). The van der Waals surface area contributed by atoms with Crippen LogP contribution in [0.4, 0.5) is 0 Å². The van der Waals surface area contributed by atoms with Gasteiger partial charge >= 0.3 is 0 Å². The third-order valence-corrected chi connectivity index (χ3v) is 4.04. The standard InChI is InChI=1S/C16H22N2O2S/c1-20-10-9-18(8-7-15(17)21)16(19)14-11-13(14)12-5-3-2-4-6-12/h2-6,13-14H,7-11H2,1H3,(H2,17,21). The monoisotopic (exact) mass is 306 g/mol. The summed E-state index contributed by atoms with van der Waals surface area (Å²) in [6.45, 7) is 1.71. The van der Waals surface area contributed by atoms with Crippen molar-refractivity contribution in [3.63, 3.8) is 0 Å². The van der Waals surface area contributed by atoms with E-state index in [-0.39, 0.29) is 11.8 Å². The summed E-state index contributed by atoms with van der Waals surface area (Å²) in [7, 11) is 1.64. The lowest BCUT2D eigenvalue weighted by Crippen LogP contribution is -2.37. The molecule has 114 valence electrons. The summed E-state index contributed by atoms with van der Waals surface area (Å²) in [5.41, 5.74) is 6.79. The van der Waals surface area contributed by atoms with E-state index in [0.717, 1.165) is 6.42 Å². The molecule has 0 radical (unpaired) electrons. The first-order chi connectivity index (χ1) is 10.1. The van der Waals surface area contributed by atoms with E-state index in [2.05, 4.69) is 12.1 Å². The number of rotatable bonds is 8. The Labute approximate surface area is 131 Å². The fourth-order valence-electron chi connectivity index (χ4n) is 2.55. The molecule has 4 nitrogen and oxygen atoms in total. The van der Waals surface area contributed by atoms with Crippen LogP contribution < -0.4 is 5.73 Å². The summed E-state index contributed by atoms with van der Waals surface area (Å²) in [5, 5.41) is 0. The van der Waals surface area contributed by atoms with Crippen LogP contribution in [0, 0.1) is 5.92 Å². The first-order valence-electron chi connectivity index (χ1n) is 7.24. The van der Waals surface area contributed by atoms with Gasteiger partial charge in [-0.3, -0.25) is 4.79 Å². The van der Waals surface area contributed by atoms with Crippen LogP contribution in [-0.2, 0) is 9.53 Å². The zero-order valence-corrected chi connectivity index (χ0v) is 13.1. The molecule has 1 aromatic carbocycles. The quantitative estimate of drug-likeness (QED) is 0.746. The fraction of sp³-hybridized carbons (Fsp3) is 0.500. The number of hydrogen-bond donors (Lipinski definition) is 1. The minimum absolute atomic E-state index is 0.0932. The minimum Gasteiger partial charge on any atom is -0.393 e. The van der Waals surface area contributed by atoms with Crippen molar-refractivity contribution >= 4 is 23.1 Å². The second kappa shape index (κ2) is 7.52. The Morgan fingerprint density at radius 2 is 2.10 bits per heavy atom. The highest BCUT2D eigenvalue weighted by Crippen LogP contribution is 2.48. The molecule has 0 bridgehead atoms. The van der Waals surface area contributed by atoms with Gasteiger partial charge in [0, 0.05) is 32.5 Å². The number of hydrogen-bond acceptors (Lipinski definition) is 3. The van der Waals surface area contributed by atoms with E-state index < -0.39 is 0 Å². The number of amides is 1. The van der Waals surface area contributed by atoms with Crippen LogP contribution in [0.3, 0.4) is 0 Å². The van der Waals surface area contributed by atoms with Gasteiger partial charge in [-0.2, -0.15) is 0 Å². The molecule has 1 aromatic rings. The Bertz CT molecular complexity index is 492. The normalized spacial score (nSPS) is 20.0. The lowest BCUT2D eigenvalue weighted by atomic mass is 10.1. The molecule has 2 atom stereocenters. The fourth-order valence-corrected chi connectivity index (χ4v) is 2.64. The maximum absolute atomic E-state index is 12.6. The smallest absolute Gasteiger partial charge is 0.226 e. The number of carbonyl (C=O) groups is 1. The van der Waals surface area contributed by atoms with Gasteiger partial charge in [-0.1, -0.05) is 42.5 Å². The first-order valence-corrected chi connectivity index (χ1v) is 7.65. The molecular weight excluding hydrogens is 284 g/mol. The van der Waals surface area contributed by atoms with E-state index in [1.807, 2.05) is 23.1 Å². The topological polar surface area (TPSA) is 55.6 Å². The summed E-state index contributed by atoms with van der Waals surface area (Å²) in [6.07, 6.45) is 1.49. The Morgan fingerprint density at radius 1 is 1.38 bits per heavy atom. The van der Waals surface area contributed by atoms with Gasteiger partial charge in [0.2, 0.25) is 5.91 Å². The van der Waals surface area contributed by atoms with E-state index >= 15 is 0 Å². The summed E-state index contributed by atoms with van der Waals surface area (Å²) in [5.74, 6) is 0.640. The number of nitrogens with two attached hydrogens (primary N) is 1. The predicted octanol–water partition coefficient (Wildman–Crippen LogP) is 1.94. The number of thiocarbonyl (C=S) groups is 1. The summed E-state index contributed by atoms with van der Waals surface area (Å²) >= 11 is 4.90. The van der Waals surface area contributed by atoms with E-state index in [9.17, 15) is 4.79 Å². The van der Waals surface area contributed by atoms with Crippen LogP contribution >= 0.6 is 12.2 Å². The van der Waals surface area contributed by atoms with Crippen LogP contribution in [0.2, 0.25) is 0 Å². The third-order valence-electron chi connectivity index (χ3n) is 3.84. The Kier molecular flexibility index (Phi) is 5.70. The maximum Gasteiger partial charge on any atom is 0.226 e. The zero-order valence-electron chi connectivity index (χ0n) is 12.3. The minimum atomic E-state index is 0.0932. The number of ether oxygens (including phenoxy) is 1. The molecule has 1 fully saturated rings. The summed E-state index contributed by atoms with van der Waals surface area (Å²) in [4.78, 5) is 14.9. The first kappa shape index (κ1) is 15.9. The molecule has 1 amide bonds. The van der Waals surface area contributed by atoms with Gasteiger partial charge in [0.05, 0.1) is 11.6 Å². The average Bonchev–Trinajstić information content (AvgIpc) is 3.28. The molecule has 0 spiro atoms. The number of carbonyl (C=O) groups excluding carboxylic acids is 1. The van der Waals surface area contributed by atoms with Gasteiger partial charge in [0.15, 0.2) is 0 Å². The highest BCUT2D eigenvalue weighted by molar-refractivity contribution is 7.80. The number of benzene rings is 1. The summed E-state index contributed by atoms with van der Waals surface area (Å²) in [6, 6.07) is 10.2. The molecule has 0 saturated heterocycles. The van der Waals surface area contributed by atoms with Crippen LogP contribution in [0.5, 0.6) is 0 Å². The number of methoxy groups -OCH3 is 1. The van der Waals surface area contributed by atoms with Crippen LogP contribution in [0.15, 0.2) is 30.3 Å². The van der Waals surface area contributed by atoms with E-state index in [0.29, 0.717) is 37.0 Å². The van der Waals surface area contributed by atoms with Crippen molar-refractivity contribution in [1.82, 2.24) is 4.90 Å². The molecule has 1 saturated carbocycles. The molecule has 1 aliphatic rings. The van der Waals surface area contributed by atoms with E-state index in [1.165, 1.54) is 5.56 Å². The van der Waals surface area contributed by atoms with Gasteiger partial charge in [-0.05, 0) is 17.9 Å². The maximum atomic E-state index is 12.6. The molecular formula is C16H22N2O2S. The molecule has 0 aromatic heterocycles. The largest absolute Gasteiger partial charge is 0.393 e. The lowest BCUT2D eigenvalue weighted by molar-refractivity contribution is -0.133. The van der Waals surface area contributed by atoms with E-state index in [4.69, 9.17) is 22.7 Å². The molecule has 2 unspecified atom stereocenters. The van der Waals surface area contributed by atoms with Gasteiger partial charge in [0.25, 0.3) is 0 Å². The summed E-state index contributed by atoms with van der Waals surface area (Å²) < 4.78 is 5.08. The van der Waals surface area contributed by atoms with Crippen LogP contribution in [0.25, 0.3) is 0 Å². The second-order valence-electron chi connectivity index (χ2n) is 5.39. The van der Waals surface area contributed by atoms with Gasteiger partial charge in [-0.15, -0.1) is 0 Å². The van der Waals surface area contributed by atoms with Crippen molar-refractivity contribution in [3.8, 4) is 0 Å². The molecule has 21 heavy (non-hydrogen) atoms. The highest BCUT2D eigenvalue weighted by atomic mass is 32.1. The van der Waals surface area contributed by atoms with Crippen molar-refractivity contribution in [2.45, 2.75) is 18.8 Å². The van der Waals surface area contributed by atoms with Crippen molar-refractivity contribution in [2.75, 3.05) is 26.8 Å².